The third-order valence-corrected chi connectivity index (χ3v) is 4.26. The average Bonchev–Trinajstić information content (AvgIpc) is 2.48. The number of hydrogen-bond donors (Lipinski definition) is 2. The highest BCUT2D eigenvalue weighted by Crippen LogP contribution is 2.19. The first-order chi connectivity index (χ1) is 10.1. The SMILES string of the molecule is NC1CCC(OCCCNC(=O)c2cccc(Br)c2)CC1. The Labute approximate surface area is 134 Å². The molecule has 0 aliphatic heterocycles. The summed E-state index contributed by atoms with van der Waals surface area (Å²) in [6.45, 7) is 1.33. The molecule has 21 heavy (non-hydrogen) atoms. The van der Waals surface area contributed by atoms with Crippen molar-refractivity contribution < 1.29 is 9.53 Å². The lowest BCUT2D eigenvalue weighted by Crippen LogP contribution is -2.31. The summed E-state index contributed by atoms with van der Waals surface area (Å²) in [5, 5.41) is 2.91. The van der Waals surface area contributed by atoms with Crippen molar-refractivity contribution in [2.45, 2.75) is 44.2 Å². The van der Waals surface area contributed by atoms with E-state index in [0.717, 1.165) is 36.6 Å². The fourth-order valence-corrected chi connectivity index (χ4v) is 2.91. The largest absolute Gasteiger partial charge is 0.378 e. The number of ether oxygens (including phenoxy) is 1. The number of benzene rings is 1. The Hall–Kier alpha value is -0.910. The van der Waals surface area contributed by atoms with Crippen LogP contribution in [0, 0.1) is 0 Å². The van der Waals surface area contributed by atoms with E-state index in [9.17, 15) is 4.79 Å². The maximum Gasteiger partial charge on any atom is 0.251 e. The molecule has 0 aromatic heterocycles. The molecule has 1 aliphatic carbocycles. The van der Waals surface area contributed by atoms with Gasteiger partial charge >= 0.3 is 0 Å². The van der Waals surface area contributed by atoms with Crippen molar-refractivity contribution in [2.24, 2.45) is 5.73 Å². The maximum absolute atomic E-state index is 11.9. The molecule has 0 atom stereocenters. The topological polar surface area (TPSA) is 64.3 Å². The second kappa shape index (κ2) is 8.51. The normalized spacial score (nSPS) is 22.0. The third kappa shape index (κ3) is 5.77. The molecule has 0 unspecified atom stereocenters. The van der Waals surface area contributed by atoms with Gasteiger partial charge in [-0.15, -0.1) is 0 Å². The van der Waals surface area contributed by atoms with Crippen LogP contribution >= 0.6 is 15.9 Å². The molecule has 1 saturated carbocycles. The molecule has 4 nitrogen and oxygen atoms in total. The van der Waals surface area contributed by atoms with Gasteiger partial charge in [-0.2, -0.15) is 0 Å². The van der Waals surface area contributed by atoms with Gasteiger partial charge in [-0.1, -0.05) is 22.0 Å². The Morgan fingerprint density at radius 3 is 2.81 bits per heavy atom. The van der Waals surface area contributed by atoms with Crippen LogP contribution in [-0.4, -0.2) is 31.2 Å². The highest BCUT2D eigenvalue weighted by Gasteiger charge is 2.18. The number of nitrogens with one attached hydrogen (secondary N) is 1. The molecule has 1 aliphatic rings. The number of carbonyl (C=O) groups excluding carboxylic acids is 1. The van der Waals surface area contributed by atoms with Crippen molar-refractivity contribution in [3.05, 3.63) is 34.3 Å². The quantitative estimate of drug-likeness (QED) is 0.772. The molecule has 0 radical (unpaired) electrons. The second-order valence-electron chi connectivity index (χ2n) is 5.53. The molecule has 5 heteroatoms. The van der Waals surface area contributed by atoms with Gasteiger partial charge < -0.3 is 15.8 Å². The van der Waals surface area contributed by atoms with Crippen LogP contribution in [0.1, 0.15) is 42.5 Å². The van der Waals surface area contributed by atoms with Crippen LogP contribution in [0.25, 0.3) is 0 Å². The third-order valence-electron chi connectivity index (χ3n) is 3.77. The van der Waals surface area contributed by atoms with Crippen molar-refractivity contribution in [1.29, 1.82) is 0 Å². The monoisotopic (exact) mass is 354 g/mol. The van der Waals surface area contributed by atoms with Gasteiger partial charge in [0, 0.05) is 29.2 Å². The predicted octanol–water partition coefficient (Wildman–Crippen LogP) is 2.86. The smallest absolute Gasteiger partial charge is 0.251 e. The minimum absolute atomic E-state index is 0.0417. The number of amides is 1. The van der Waals surface area contributed by atoms with Crippen LogP contribution in [0.4, 0.5) is 0 Å². The van der Waals surface area contributed by atoms with Crippen LogP contribution in [0.2, 0.25) is 0 Å². The zero-order chi connectivity index (χ0) is 15.1. The summed E-state index contributed by atoms with van der Waals surface area (Å²) in [6.07, 6.45) is 5.43. The van der Waals surface area contributed by atoms with E-state index < -0.39 is 0 Å². The minimum atomic E-state index is -0.0417. The van der Waals surface area contributed by atoms with E-state index in [1.807, 2.05) is 24.3 Å². The van der Waals surface area contributed by atoms with Crippen LogP contribution in [-0.2, 0) is 4.74 Å². The van der Waals surface area contributed by atoms with Crippen molar-refractivity contribution in [3.8, 4) is 0 Å². The number of carbonyl (C=O) groups is 1. The van der Waals surface area contributed by atoms with E-state index in [4.69, 9.17) is 10.5 Å². The second-order valence-corrected chi connectivity index (χ2v) is 6.44. The van der Waals surface area contributed by atoms with E-state index in [2.05, 4.69) is 21.2 Å². The first kappa shape index (κ1) is 16.5. The number of hydrogen-bond acceptors (Lipinski definition) is 3. The zero-order valence-electron chi connectivity index (χ0n) is 12.2. The van der Waals surface area contributed by atoms with Crippen LogP contribution in [0.5, 0.6) is 0 Å². The Morgan fingerprint density at radius 2 is 2.10 bits per heavy atom. The summed E-state index contributed by atoms with van der Waals surface area (Å²) < 4.78 is 6.73. The summed E-state index contributed by atoms with van der Waals surface area (Å²) in [6, 6.07) is 7.74. The Balaban J connectivity index is 1.58. The van der Waals surface area contributed by atoms with E-state index in [1.54, 1.807) is 0 Å². The fourth-order valence-electron chi connectivity index (χ4n) is 2.51. The van der Waals surface area contributed by atoms with Gasteiger partial charge in [0.25, 0.3) is 5.91 Å². The summed E-state index contributed by atoms with van der Waals surface area (Å²) in [7, 11) is 0. The lowest BCUT2D eigenvalue weighted by atomic mass is 9.94. The minimum Gasteiger partial charge on any atom is -0.378 e. The first-order valence-electron chi connectivity index (χ1n) is 7.56. The molecule has 0 bridgehead atoms. The molecular weight excluding hydrogens is 332 g/mol. The molecule has 116 valence electrons. The van der Waals surface area contributed by atoms with Crippen molar-refractivity contribution in [3.63, 3.8) is 0 Å². The highest BCUT2D eigenvalue weighted by molar-refractivity contribution is 9.10. The summed E-state index contributed by atoms with van der Waals surface area (Å²) in [4.78, 5) is 11.9. The summed E-state index contributed by atoms with van der Waals surface area (Å²) in [5.74, 6) is -0.0417. The van der Waals surface area contributed by atoms with Crippen LogP contribution in [0.15, 0.2) is 28.7 Å². The van der Waals surface area contributed by atoms with Crippen molar-refractivity contribution in [2.75, 3.05) is 13.2 Å². The Bertz CT molecular complexity index is 459. The van der Waals surface area contributed by atoms with Gasteiger partial charge in [0.05, 0.1) is 6.10 Å². The van der Waals surface area contributed by atoms with Crippen molar-refractivity contribution in [1.82, 2.24) is 5.32 Å². The molecule has 1 aromatic rings. The van der Waals surface area contributed by atoms with Gasteiger partial charge in [-0.25, -0.2) is 0 Å². The molecule has 3 N–H and O–H groups in total. The van der Waals surface area contributed by atoms with E-state index in [1.165, 1.54) is 0 Å². The Morgan fingerprint density at radius 1 is 1.33 bits per heavy atom. The summed E-state index contributed by atoms with van der Waals surface area (Å²) >= 11 is 3.36. The van der Waals surface area contributed by atoms with Gasteiger partial charge in [-0.05, 0) is 50.3 Å². The molecule has 0 spiro atoms. The zero-order valence-corrected chi connectivity index (χ0v) is 13.8. The number of halogens is 1. The molecule has 1 amide bonds. The Kier molecular flexibility index (Phi) is 6.67. The van der Waals surface area contributed by atoms with E-state index in [0.29, 0.717) is 30.9 Å². The van der Waals surface area contributed by atoms with Crippen LogP contribution in [0.3, 0.4) is 0 Å². The molecule has 0 saturated heterocycles. The molecule has 2 rings (SSSR count). The first-order valence-corrected chi connectivity index (χ1v) is 8.35. The van der Waals surface area contributed by atoms with E-state index in [-0.39, 0.29) is 5.91 Å². The van der Waals surface area contributed by atoms with Gasteiger partial charge in [0.2, 0.25) is 0 Å². The molecular formula is C16H23BrN2O2. The van der Waals surface area contributed by atoms with Crippen LogP contribution < -0.4 is 11.1 Å². The fraction of sp³-hybridized carbons (Fsp3) is 0.562. The van der Waals surface area contributed by atoms with Crippen molar-refractivity contribution >= 4 is 21.8 Å². The predicted molar refractivity (Wildman–Crippen MR) is 87.3 cm³/mol. The molecule has 0 heterocycles. The van der Waals surface area contributed by atoms with E-state index >= 15 is 0 Å². The molecule has 1 fully saturated rings. The number of nitrogens with two attached hydrogens (primary N) is 1. The van der Waals surface area contributed by atoms with Gasteiger partial charge in [0.15, 0.2) is 0 Å². The summed E-state index contributed by atoms with van der Waals surface area (Å²) in [5.41, 5.74) is 6.54. The maximum atomic E-state index is 11.9. The highest BCUT2D eigenvalue weighted by atomic mass is 79.9. The van der Waals surface area contributed by atoms with Gasteiger partial charge in [0.1, 0.15) is 0 Å². The lowest BCUT2D eigenvalue weighted by molar-refractivity contribution is 0.0241. The lowest BCUT2D eigenvalue weighted by Gasteiger charge is -2.26. The average molecular weight is 355 g/mol. The number of rotatable bonds is 6. The van der Waals surface area contributed by atoms with Gasteiger partial charge in [-0.3, -0.25) is 4.79 Å². The standard InChI is InChI=1S/C16H23BrN2O2/c17-13-4-1-3-12(11-13)16(20)19-9-2-10-21-15-7-5-14(18)6-8-15/h1,3-4,11,14-15H,2,5-10,18H2,(H,19,20). The molecule has 1 aromatic carbocycles.